The zero-order valence-electron chi connectivity index (χ0n) is 10.1. The van der Waals surface area contributed by atoms with Crippen LogP contribution < -0.4 is 11.1 Å². The topological polar surface area (TPSA) is 47.3 Å². The Morgan fingerprint density at radius 1 is 1.47 bits per heavy atom. The zero-order valence-corrected chi connectivity index (χ0v) is 10.9. The Labute approximate surface area is 106 Å². The second-order valence-electron chi connectivity index (χ2n) is 4.05. The molecule has 0 aromatic heterocycles. The van der Waals surface area contributed by atoms with Gasteiger partial charge in [0.15, 0.2) is 0 Å². The first-order chi connectivity index (χ1) is 8.05. The molecule has 0 aliphatic heterocycles. The lowest BCUT2D eigenvalue weighted by Crippen LogP contribution is -2.48. The van der Waals surface area contributed by atoms with Gasteiger partial charge in [-0.25, -0.2) is 4.39 Å². The smallest absolute Gasteiger partial charge is 0.126 e. The highest BCUT2D eigenvalue weighted by atomic mass is 35.5. The van der Waals surface area contributed by atoms with E-state index in [1.807, 2.05) is 6.92 Å². The van der Waals surface area contributed by atoms with E-state index in [0.717, 1.165) is 6.42 Å². The van der Waals surface area contributed by atoms with E-state index >= 15 is 0 Å². The van der Waals surface area contributed by atoms with Crippen molar-refractivity contribution >= 4 is 17.3 Å². The van der Waals surface area contributed by atoms with Crippen LogP contribution in [0.15, 0.2) is 18.2 Å². The molecule has 17 heavy (non-hydrogen) atoms. The monoisotopic (exact) mass is 260 g/mol. The van der Waals surface area contributed by atoms with Crippen LogP contribution in [0.5, 0.6) is 0 Å². The summed E-state index contributed by atoms with van der Waals surface area (Å²) in [6.45, 7) is 2.85. The standard InChI is InChI=1S/C12H18ClFN2O/c1-3-12(7-15,8-17-2)16-11-5-9(13)4-10(14)6-11/h4-6,16H,3,7-8,15H2,1-2H3. The van der Waals surface area contributed by atoms with E-state index in [9.17, 15) is 4.39 Å². The van der Waals surface area contributed by atoms with Gasteiger partial charge in [0.2, 0.25) is 0 Å². The van der Waals surface area contributed by atoms with Gasteiger partial charge in [-0.1, -0.05) is 18.5 Å². The third-order valence-electron chi connectivity index (χ3n) is 2.76. The van der Waals surface area contributed by atoms with Gasteiger partial charge in [0.05, 0.1) is 12.1 Å². The van der Waals surface area contributed by atoms with Crippen molar-refractivity contribution in [2.45, 2.75) is 18.9 Å². The molecule has 1 unspecified atom stereocenters. The van der Waals surface area contributed by atoms with Crippen LogP contribution in [0.4, 0.5) is 10.1 Å². The van der Waals surface area contributed by atoms with Crippen molar-refractivity contribution in [1.82, 2.24) is 0 Å². The van der Waals surface area contributed by atoms with Gasteiger partial charge in [0.1, 0.15) is 5.82 Å². The number of halogens is 2. The van der Waals surface area contributed by atoms with Crippen molar-refractivity contribution in [3.63, 3.8) is 0 Å². The molecule has 1 rings (SSSR count). The van der Waals surface area contributed by atoms with Crippen molar-refractivity contribution in [3.05, 3.63) is 29.0 Å². The van der Waals surface area contributed by atoms with E-state index in [-0.39, 0.29) is 5.82 Å². The fourth-order valence-corrected chi connectivity index (χ4v) is 1.91. The van der Waals surface area contributed by atoms with Crippen molar-refractivity contribution in [1.29, 1.82) is 0 Å². The molecule has 96 valence electrons. The van der Waals surface area contributed by atoms with Crippen LogP contribution in [-0.4, -0.2) is 25.8 Å². The van der Waals surface area contributed by atoms with E-state index in [1.54, 1.807) is 13.2 Å². The first-order valence-electron chi connectivity index (χ1n) is 5.48. The van der Waals surface area contributed by atoms with Crippen LogP contribution in [0.3, 0.4) is 0 Å². The van der Waals surface area contributed by atoms with E-state index in [2.05, 4.69) is 5.32 Å². The van der Waals surface area contributed by atoms with Crippen LogP contribution in [-0.2, 0) is 4.74 Å². The molecule has 0 bridgehead atoms. The molecule has 0 heterocycles. The summed E-state index contributed by atoms with van der Waals surface area (Å²) < 4.78 is 18.4. The van der Waals surface area contributed by atoms with Gasteiger partial charge in [-0.3, -0.25) is 0 Å². The van der Waals surface area contributed by atoms with Crippen molar-refractivity contribution in [3.8, 4) is 0 Å². The van der Waals surface area contributed by atoms with Gasteiger partial charge in [-0.2, -0.15) is 0 Å². The lowest BCUT2D eigenvalue weighted by atomic mass is 9.97. The minimum atomic E-state index is -0.397. The molecule has 0 aliphatic rings. The van der Waals surface area contributed by atoms with Gasteiger partial charge in [-0.15, -0.1) is 0 Å². The number of ether oxygens (including phenoxy) is 1. The summed E-state index contributed by atoms with van der Waals surface area (Å²) in [5, 5.41) is 3.55. The predicted octanol–water partition coefficient (Wildman–Crippen LogP) is 2.64. The number of methoxy groups -OCH3 is 1. The summed E-state index contributed by atoms with van der Waals surface area (Å²) in [6.07, 6.45) is 0.769. The van der Waals surface area contributed by atoms with Crippen LogP contribution >= 0.6 is 11.6 Å². The van der Waals surface area contributed by atoms with Crippen LogP contribution in [0.2, 0.25) is 5.02 Å². The number of nitrogens with two attached hydrogens (primary N) is 1. The second-order valence-corrected chi connectivity index (χ2v) is 4.49. The Hall–Kier alpha value is -0.840. The molecule has 3 N–H and O–H groups in total. The van der Waals surface area contributed by atoms with E-state index < -0.39 is 5.54 Å². The number of anilines is 1. The maximum absolute atomic E-state index is 13.2. The summed E-state index contributed by atoms with van der Waals surface area (Å²) in [5.41, 5.74) is 5.97. The van der Waals surface area contributed by atoms with Crippen molar-refractivity contribution in [2.24, 2.45) is 5.73 Å². The molecule has 0 fully saturated rings. The van der Waals surface area contributed by atoms with Crippen LogP contribution in [0, 0.1) is 5.82 Å². The first-order valence-corrected chi connectivity index (χ1v) is 5.86. The van der Waals surface area contributed by atoms with Gasteiger partial charge >= 0.3 is 0 Å². The highest BCUT2D eigenvalue weighted by molar-refractivity contribution is 6.30. The number of nitrogens with one attached hydrogen (secondary N) is 1. The van der Waals surface area contributed by atoms with Gasteiger partial charge in [0.25, 0.3) is 0 Å². The molecule has 3 nitrogen and oxygen atoms in total. The van der Waals surface area contributed by atoms with Gasteiger partial charge in [-0.05, 0) is 24.6 Å². The molecule has 0 saturated carbocycles. The molecular formula is C12H18ClFN2O. The lowest BCUT2D eigenvalue weighted by molar-refractivity contribution is 0.143. The summed E-state index contributed by atoms with van der Waals surface area (Å²) in [5.74, 6) is -0.376. The Morgan fingerprint density at radius 2 is 2.18 bits per heavy atom. The maximum Gasteiger partial charge on any atom is 0.126 e. The second kappa shape index (κ2) is 6.19. The SMILES string of the molecule is CCC(CN)(COC)Nc1cc(F)cc(Cl)c1. The Morgan fingerprint density at radius 3 is 2.65 bits per heavy atom. The van der Waals surface area contributed by atoms with Crippen LogP contribution in [0.1, 0.15) is 13.3 Å². The Kier molecular flexibility index (Phi) is 5.18. The molecule has 0 spiro atoms. The highest BCUT2D eigenvalue weighted by Gasteiger charge is 2.26. The summed E-state index contributed by atoms with van der Waals surface area (Å²) >= 11 is 5.80. The fourth-order valence-electron chi connectivity index (χ4n) is 1.69. The number of hydrogen-bond donors (Lipinski definition) is 2. The number of hydrogen-bond acceptors (Lipinski definition) is 3. The molecule has 0 aliphatic carbocycles. The zero-order chi connectivity index (χ0) is 12.9. The summed E-state index contributed by atoms with van der Waals surface area (Å²) in [7, 11) is 1.61. The van der Waals surface area contributed by atoms with Crippen LogP contribution in [0.25, 0.3) is 0 Å². The third-order valence-corrected chi connectivity index (χ3v) is 2.98. The molecule has 1 atom stereocenters. The minimum absolute atomic E-state index is 0.354. The first kappa shape index (κ1) is 14.2. The van der Waals surface area contributed by atoms with Crippen molar-refractivity contribution < 1.29 is 9.13 Å². The largest absolute Gasteiger partial charge is 0.382 e. The molecule has 1 aromatic carbocycles. The maximum atomic E-state index is 13.2. The average molecular weight is 261 g/mol. The number of rotatable bonds is 6. The van der Waals surface area contributed by atoms with E-state index in [1.165, 1.54) is 12.1 Å². The number of benzene rings is 1. The molecular weight excluding hydrogens is 243 g/mol. The van der Waals surface area contributed by atoms with Gasteiger partial charge < -0.3 is 15.8 Å². The molecule has 1 aromatic rings. The van der Waals surface area contributed by atoms with E-state index in [4.69, 9.17) is 22.1 Å². The molecule has 0 saturated heterocycles. The normalized spacial score (nSPS) is 14.4. The fraction of sp³-hybridized carbons (Fsp3) is 0.500. The predicted molar refractivity (Wildman–Crippen MR) is 69.0 cm³/mol. The third kappa shape index (κ3) is 3.84. The average Bonchev–Trinajstić information content (AvgIpc) is 2.27. The van der Waals surface area contributed by atoms with E-state index in [0.29, 0.717) is 23.9 Å². The van der Waals surface area contributed by atoms with Gasteiger partial charge in [0, 0.05) is 24.4 Å². The van der Waals surface area contributed by atoms with Crippen molar-refractivity contribution in [2.75, 3.05) is 25.6 Å². The lowest BCUT2D eigenvalue weighted by Gasteiger charge is -2.33. The molecule has 0 radical (unpaired) electrons. The Bertz CT molecular complexity index is 349. The molecule has 0 amide bonds. The Balaban J connectivity index is 2.92. The quantitative estimate of drug-likeness (QED) is 0.827. The minimum Gasteiger partial charge on any atom is -0.382 e. The summed E-state index contributed by atoms with van der Waals surface area (Å²) in [6, 6.07) is 4.32. The summed E-state index contributed by atoms with van der Waals surface area (Å²) in [4.78, 5) is 0. The highest BCUT2D eigenvalue weighted by Crippen LogP contribution is 2.23. The molecule has 5 heteroatoms.